The first-order valence-electron chi connectivity index (χ1n) is 9.43. The Labute approximate surface area is 156 Å². The standard InChI is InChI=1S/C22H29N3O/c1-18-7-6-10-20(15-18)22(26)23-17-21(16-19-8-4-3-5-9-19)25-13-11-24(2)12-14-25/h3-10,15,21H,11-14,16-17H2,1-2H3,(H,23,26). The fourth-order valence-corrected chi connectivity index (χ4v) is 3.50. The molecular weight excluding hydrogens is 322 g/mol. The van der Waals surface area contributed by atoms with Crippen LogP contribution in [0.3, 0.4) is 0 Å². The lowest BCUT2D eigenvalue weighted by Crippen LogP contribution is -2.53. The molecule has 0 saturated carbocycles. The predicted octanol–water partition coefficient (Wildman–Crippen LogP) is 2.58. The van der Waals surface area contributed by atoms with E-state index >= 15 is 0 Å². The van der Waals surface area contributed by atoms with E-state index < -0.39 is 0 Å². The topological polar surface area (TPSA) is 35.6 Å². The number of nitrogens with zero attached hydrogens (tertiary/aromatic N) is 2. The van der Waals surface area contributed by atoms with E-state index in [0.717, 1.165) is 43.7 Å². The molecule has 1 saturated heterocycles. The zero-order valence-corrected chi connectivity index (χ0v) is 15.8. The van der Waals surface area contributed by atoms with Crippen LogP contribution in [0.2, 0.25) is 0 Å². The van der Waals surface area contributed by atoms with Crippen LogP contribution >= 0.6 is 0 Å². The Morgan fingerprint density at radius 3 is 2.46 bits per heavy atom. The van der Waals surface area contributed by atoms with Crippen molar-refractivity contribution in [2.75, 3.05) is 39.8 Å². The lowest BCUT2D eigenvalue weighted by atomic mass is 10.0. The molecule has 1 aliphatic heterocycles. The zero-order chi connectivity index (χ0) is 18.4. The number of benzene rings is 2. The minimum Gasteiger partial charge on any atom is -0.350 e. The number of carbonyl (C=O) groups excluding carboxylic acids is 1. The molecule has 1 aliphatic rings. The van der Waals surface area contributed by atoms with Gasteiger partial charge in [0, 0.05) is 44.3 Å². The lowest BCUT2D eigenvalue weighted by Gasteiger charge is -2.38. The van der Waals surface area contributed by atoms with Gasteiger partial charge in [-0.15, -0.1) is 0 Å². The molecule has 1 N–H and O–H groups in total. The van der Waals surface area contributed by atoms with Gasteiger partial charge in [0.25, 0.3) is 5.91 Å². The van der Waals surface area contributed by atoms with Crippen LogP contribution in [-0.2, 0) is 6.42 Å². The molecule has 1 atom stereocenters. The second-order valence-corrected chi connectivity index (χ2v) is 7.26. The highest BCUT2D eigenvalue weighted by molar-refractivity contribution is 5.94. The summed E-state index contributed by atoms with van der Waals surface area (Å²) in [6.07, 6.45) is 0.957. The van der Waals surface area contributed by atoms with Crippen LogP contribution in [0.5, 0.6) is 0 Å². The summed E-state index contributed by atoms with van der Waals surface area (Å²) >= 11 is 0. The van der Waals surface area contributed by atoms with Crippen LogP contribution in [-0.4, -0.2) is 61.5 Å². The van der Waals surface area contributed by atoms with E-state index in [1.807, 2.05) is 37.3 Å². The number of hydrogen-bond acceptors (Lipinski definition) is 3. The number of piperazine rings is 1. The average molecular weight is 351 g/mol. The fourth-order valence-electron chi connectivity index (χ4n) is 3.50. The van der Waals surface area contributed by atoms with Gasteiger partial charge >= 0.3 is 0 Å². The van der Waals surface area contributed by atoms with Crippen molar-refractivity contribution >= 4 is 5.91 Å². The maximum atomic E-state index is 12.6. The highest BCUT2D eigenvalue weighted by Gasteiger charge is 2.23. The Bertz CT molecular complexity index is 708. The molecule has 0 aliphatic carbocycles. The van der Waals surface area contributed by atoms with Gasteiger partial charge in [-0.2, -0.15) is 0 Å². The Kier molecular flexibility index (Phi) is 6.42. The summed E-state index contributed by atoms with van der Waals surface area (Å²) < 4.78 is 0. The smallest absolute Gasteiger partial charge is 0.251 e. The van der Waals surface area contributed by atoms with Gasteiger partial charge in [0.2, 0.25) is 0 Å². The van der Waals surface area contributed by atoms with Crippen molar-refractivity contribution in [1.82, 2.24) is 15.1 Å². The Balaban J connectivity index is 1.65. The van der Waals surface area contributed by atoms with Gasteiger partial charge < -0.3 is 10.2 Å². The van der Waals surface area contributed by atoms with E-state index in [1.165, 1.54) is 5.56 Å². The number of amides is 1. The molecule has 4 heteroatoms. The first-order chi connectivity index (χ1) is 12.6. The van der Waals surface area contributed by atoms with Gasteiger partial charge in [0.1, 0.15) is 0 Å². The number of hydrogen-bond donors (Lipinski definition) is 1. The fraction of sp³-hybridized carbons (Fsp3) is 0.409. The summed E-state index contributed by atoms with van der Waals surface area (Å²) in [4.78, 5) is 17.4. The van der Waals surface area contributed by atoms with Crippen molar-refractivity contribution in [3.05, 3.63) is 71.3 Å². The first kappa shape index (κ1) is 18.6. The first-order valence-corrected chi connectivity index (χ1v) is 9.43. The van der Waals surface area contributed by atoms with E-state index in [9.17, 15) is 4.79 Å². The molecule has 0 aromatic heterocycles. The van der Waals surface area contributed by atoms with E-state index in [0.29, 0.717) is 12.6 Å². The van der Waals surface area contributed by atoms with E-state index in [2.05, 4.69) is 46.4 Å². The molecule has 0 bridgehead atoms. The zero-order valence-electron chi connectivity index (χ0n) is 15.8. The summed E-state index contributed by atoms with van der Waals surface area (Å²) in [6.45, 7) is 6.95. The molecule has 26 heavy (non-hydrogen) atoms. The summed E-state index contributed by atoms with van der Waals surface area (Å²) in [5.41, 5.74) is 3.17. The number of likely N-dealkylation sites (N-methyl/N-ethyl adjacent to an activating group) is 1. The van der Waals surface area contributed by atoms with Gasteiger partial charge in [0.05, 0.1) is 0 Å². The van der Waals surface area contributed by atoms with E-state index in [4.69, 9.17) is 0 Å². The number of aryl methyl sites for hydroxylation is 1. The van der Waals surface area contributed by atoms with Crippen molar-refractivity contribution in [3.8, 4) is 0 Å². The van der Waals surface area contributed by atoms with Crippen molar-refractivity contribution < 1.29 is 4.79 Å². The predicted molar refractivity (Wildman–Crippen MR) is 107 cm³/mol. The third-order valence-corrected chi connectivity index (χ3v) is 5.15. The highest BCUT2D eigenvalue weighted by Crippen LogP contribution is 2.12. The normalized spacial score (nSPS) is 17.0. The lowest BCUT2D eigenvalue weighted by molar-refractivity contribution is 0.0885. The maximum absolute atomic E-state index is 12.6. The van der Waals surface area contributed by atoms with Crippen molar-refractivity contribution in [2.45, 2.75) is 19.4 Å². The largest absolute Gasteiger partial charge is 0.350 e. The van der Waals surface area contributed by atoms with Gasteiger partial charge in [0.15, 0.2) is 0 Å². The molecule has 1 heterocycles. The molecule has 2 aromatic carbocycles. The summed E-state index contributed by atoms with van der Waals surface area (Å²) in [6, 6.07) is 18.7. The Morgan fingerprint density at radius 2 is 1.77 bits per heavy atom. The molecule has 3 rings (SSSR count). The minimum absolute atomic E-state index is 0.0147. The van der Waals surface area contributed by atoms with Crippen molar-refractivity contribution in [2.24, 2.45) is 0 Å². The molecule has 4 nitrogen and oxygen atoms in total. The average Bonchev–Trinajstić information content (AvgIpc) is 2.66. The minimum atomic E-state index is 0.0147. The van der Waals surface area contributed by atoms with Crippen LogP contribution in [0.4, 0.5) is 0 Å². The SMILES string of the molecule is Cc1cccc(C(=O)NCC(Cc2ccccc2)N2CCN(C)CC2)c1. The second-order valence-electron chi connectivity index (χ2n) is 7.26. The Hall–Kier alpha value is -2.17. The van der Waals surface area contributed by atoms with Crippen molar-refractivity contribution in [1.29, 1.82) is 0 Å². The molecule has 0 spiro atoms. The molecular formula is C22H29N3O. The third-order valence-electron chi connectivity index (χ3n) is 5.15. The quantitative estimate of drug-likeness (QED) is 0.869. The Morgan fingerprint density at radius 1 is 1.04 bits per heavy atom. The molecule has 1 fully saturated rings. The highest BCUT2D eigenvalue weighted by atomic mass is 16.1. The van der Waals surface area contributed by atoms with Crippen LogP contribution in [0.25, 0.3) is 0 Å². The third kappa shape index (κ3) is 5.16. The van der Waals surface area contributed by atoms with Crippen molar-refractivity contribution in [3.63, 3.8) is 0 Å². The second kappa shape index (κ2) is 8.97. The summed E-state index contributed by atoms with van der Waals surface area (Å²) in [7, 11) is 2.17. The van der Waals surface area contributed by atoms with Gasteiger partial charge in [-0.3, -0.25) is 9.69 Å². The maximum Gasteiger partial charge on any atom is 0.251 e. The molecule has 1 unspecified atom stereocenters. The van der Waals surface area contributed by atoms with Gasteiger partial charge in [-0.1, -0.05) is 48.0 Å². The molecule has 0 radical (unpaired) electrons. The van der Waals surface area contributed by atoms with Crippen LogP contribution in [0.1, 0.15) is 21.5 Å². The number of carbonyl (C=O) groups is 1. The van der Waals surface area contributed by atoms with Crippen LogP contribution in [0, 0.1) is 6.92 Å². The monoisotopic (exact) mass is 351 g/mol. The molecule has 1 amide bonds. The van der Waals surface area contributed by atoms with Crippen LogP contribution < -0.4 is 5.32 Å². The summed E-state index contributed by atoms with van der Waals surface area (Å²) in [5.74, 6) is 0.0147. The van der Waals surface area contributed by atoms with Gasteiger partial charge in [-0.25, -0.2) is 0 Å². The number of rotatable bonds is 6. The number of nitrogens with one attached hydrogen (secondary N) is 1. The van der Waals surface area contributed by atoms with Gasteiger partial charge in [-0.05, 0) is 38.1 Å². The van der Waals surface area contributed by atoms with Crippen LogP contribution in [0.15, 0.2) is 54.6 Å². The van der Waals surface area contributed by atoms with E-state index in [-0.39, 0.29) is 5.91 Å². The molecule has 138 valence electrons. The summed E-state index contributed by atoms with van der Waals surface area (Å²) in [5, 5.41) is 3.16. The van der Waals surface area contributed by atoms with E-state index in [1.54, 1.807) is 0 Å². The molecule has 2 aromatic rings.